The number of aromatic nitrogens is 1. The topological polar surface area (TPSA) is 62.3 Å². The predicted octanol–water partition coefficient (Wildman–Crippen LogP) is 3.02. The van der Waals surface area contributed by atoms with E-state index in [1.807, 2.05) is 0 Å². The van der Waals surface area contributed by atoms with Crippen molar-refractivity contribution < 1.29 is 22.8 Å². The van der Waals surface area contributed by atoms with Crippen LogP contribution in [-0.2, 0) is 22.2 Å². The molecule has 25 heavy (non-hydrogen) atoms. The predicted molar refractivity (Wildman–Crippen MR) is 85.0 cm³/mol. The molecule has 1 aromatic heterocycles. The maximum Gasteiger partial charge on any atom is 0.416 e. The largest absolute Gasteiger partial charge is 0.416 e. The number of nitrogens with zero attached hydrogens (tertiary/aromatic N) is 2. The highest BCUT2D eigenvalue weighted by molar-refractivity contribution is 6.03. The number of hydrogen-bond donors (Lipinski definition) is 1. The molecule has 0 unspecified atom stereocenters. The summed E-state index contributed by atoms with van der Waals surface area (Å²) in [5.74, 6) is -0.222. The Bertz CT molecular complexity index is 804. The first-order valence-electron chi connectivity index (χ1n) is 7.56. The van der Waals surface area contributed by atoms with E-state index in [2.05, 4.69) is 10.3 Å². The van der Waals surface area contributed by atoms with Crippen LogP contribution in [0.4, 0.5) is 24.7 Å². The van der Waals surface area contributed by atoms with Gasteiger partial charge in [0.15, 0.2) is 5.82 Å². The summed E-state index contributed by atoms with van der Waals surface area (Å²) in [6, 6.07) is 7.74. The molecule has 5 nitrogen and oxygen atoms in total. The summed E-state index contributed by atoms with van der Waals surface area (Å²) in [5.41, 5.74) is 0.130. The highest BCUT2D eigenvalue weighted by Gasteiger charge is 2.30. The SMILES string of the molecule is O=C1CCN(C(=O)Cc2ccc(C(F)(F)F)cc2)c2ncccc2N1. The standard InChI is InChI=1S/C17H14F3N3O2/c18-17(19,20)12-5-3-11(4-6-12)10-15(25)23-9-7-14(24)22-13-2-1-8-21-16(13)23/h1-6,8H,7,9-10H2,(H,22,24). The van der Waals surface area contributed by atoms with E-state index in [0.717, 1.165) is 12.1 Å². The molecule has 1 aromatic carbocycles. The van der Waals surface area contributed by atoms with E-state index < -0.39 is 11.7 Å². The summed E-state index contributed by atoms with van der Waals surface area (Å²) < 4.78 is 37.8. The zero-order valence-corrected chi connectivity index (χ0v) is 13.0. The van der Waals surface area contributed by atoms with Gasteiger partial charge in [0, 0.05) is 19.2 Å². The van der Waals surface area contributed by atoms with Gasteiger partial charge in [-0.1, -0.05) is 12.1 Å². The molecular formula is C17H14F3N3O2. The zero-order valence-electron chi connectivity index (χ0n) is 13.0. The van der Waals surface area contributed by atoms with Gasteiger partial charge < -0.3 is 5.32 Å². The molecular weight excluding hydrogens is 335 g/mol. The van der Waals surface area contributed by atoms with Crippen molar-refractivity contribution in [2.24, 2.45) is 0 Å². The normalized spacial score (nSPS) is 14.5. The van der Waals surface area contributed by atoms with Crippen LogP contribution in [0, 0.1) is 0 Å². The first-order valence-corrected chi connectivity index (χ1v) is 7.56. The first-order chi connectivity index (χ1) is 11.8. The van der Waals surface area contributed by atoms with E-state index in [1.165, 1.54) is 23.2 Å². The lowest BCUT2D eigenvalue weighted by Crippen LogP contribution is -2.33. The third-order valence-electron chi connectivity index (χ3n) is 3.82. The Morgan fingerprint density at radius 1 is 1.20 bits per heavy atom. The Hall–Kier alpha value is -2.90. The average Bonchev–Trinajstić information content (AvgIpc) is 2.72. The van der Waals surface area contributed by atoms with Crippen LogP contribution >= 0.6 is 0 Å². The van der Waals surface area contributed by atoms with Crippen LogP contribution in [0.25, 0.3) is 0 Å². The van der Waals surface area contributed by atoms with Crippen molar-refractivity contribution in [1.82, 2.24) is 4.98 Å². The summed E-state index contributed by atoms with van der Waals surface area (Å²) in [6.45, 7) is 0.162. The Morgan fingerprint density at radius 2 is 1.92 bits per heavy atom. The van der Waals surface area contributed by atoms with Crippen molar-refractivity contribution in [2.45, 2.75) is 19.0 Å². The van der Waals surface area contributed by atoms with E-state index in [0.29, 0.717) is 17.1 Å². The molecule has 0 atom stereocenters. The van der Waals surface area contributed by atoms with Crippen LogP contribution in [-0.4, -0.2) is 23.3 Å². The average molecular weight is 349 g/mol. The number of hydrogen-bond acceptors (Lipinski definition) is 3. The van der Waals surface area contributed by atoms with Crippen LogP contribution < -0.4 is 10.2 Å². The van der Waals surface area contributed by atoms with Gasteiger partial charge in [0.25, 0.3) is 0 Å². The van der Waals surface area contributed by atoms with E-state index in [1.54, 1.807) is 12.1 Å². The highest BCUT2D eigenvalue weighted by atomic mass is 19.4. The van der Waals surface area contributed by atoms with E-state index in [4.69, 9.17) is 0 Å². The molecule has 2 amide bonds. The van der Waals surface area contributed by atoms with Crippen LogP contribution in [0.5, 0.6) is 0 Å². The second-order valence-electron chi connectivity index (χ2n) is 5.59. The van der Waals surface area contributed by atoms with E-state index >= 15 is 0 Å². The minimum absolute atomic E-state index is 0.0810. The summed E-state index contributed by atoms with van der Waals surface area (Å²) in [6.07, 6.45) is -2.87. The number of anilines is 2. The van der Waals surface area contributed by atoms with Gasteiger partial charge in [-0.25, -0.2) is 4.98 Å². The monoisotopic (exact) mass is 349 g/mol. The molecule has 1 N–H and O–H groups in total. The molecule has 1 aliphatic rings. The molecule has 2 heterocycles. The number of carbonyl (C=O) groups is 2. The quantitative estimate of drug-likeness (QED) is 0.907. The minimum atomic E-state index is -4.41. The Kier molecular flexibility index (Phi) is 4.43. The molecule has 0 radical (unpaired) electrons. The van der Waals surface area contributed by atoms with Crippen molar-refractivity contribution in [3.05, 3.63) is 53.7 Å². The van der Waals surface area contributed by atoms with Crippen LogP contribution in [0.15, 0.2) is 42.6 Å². The Labute approximate surface area is 141 Å². The number of amides is 2. The fourth-order valence-electron chi connectivity index (χ4n) is 2.57. The van der Waals surface area contributed by atoms with Gasteiger partial charge in [0.1, 0.15) is 0 Å². The molecule has 3 rings (SSSR count). The molecule has 2 aromatic rings. The van der Waals surface area contributed by atoms with E-state index in [9.17, 15) is 22.8 Å². The van der Waals surface area contributed by atoms with Crippen molar-refractivity contribution in [2.75, 3.05) is 16.8 Å². The molecule has 0 saturated heterocycles. The summed E-state index contributed by atoms with van der Waals surface area (Å²) in [7, 11) is 0. The molecule has 0 fully saturated rings. The Morgan fingerprint density at radius 3 is 2.60 bits per heavy atom. The van der Waals surface area contributed by atoms with Crippen LogP contribution in [0.2, 0.25) is 0 Å². The second kappa shape index (κ2) is 6.54. The zero-order chi connectivity index (χ0) is 18.0. The number of nitrogens with one attached hydrogen (secondary N) is 1. The molecule has 0 aliphatic carbocycles. The third kappa shape index (κ3) is 3.78. The summed E-state index contributed by atoms with van der Waals surface area (Å²) in [5, 5.41) is 2.67. The van der Waals surface area contributed by atoms with Crippen molar-refractivity contribution in [3.8, 4) is 0 Å². The van der Waals surface area contributed by atoms with Gasteiger partial charge in [-0.15, -0.1) is 0 Å². The van der Waals surface area contributed by atoms with Crippen LogP contribution in [0.3, 0.4) is 0 Å². The third-order valence-corrected chi connectivity index (χ3v) is 3.82. The van der Waals surface area contributed by atoms with Crippen molar-refractivity contribution >= 4 is 23.3 Å². The van der Waals surface area contributed by atoms with E-state index in [-0.39, 0.29) is 31.2 Å². The Balaban J connectivity index is 1.80. The number of benzene rings is 1. The van der Waals surface area contributed by atoms with Gasteiger partial charge in [0.05, 0.1) is 17.7 Å². The number of rotatable bonds is 2. The summed E-state index contributed by atoms with van der Waals surface area (Å²) in [4.78, 5) is 29.8. The molecule has 130 valence electrons. The lowest BCUT2D eigenvalue weighted by molar-refractivity contribution is -0.137. The fourth-order valence-corrected chi connectivity index (χ4v) is 2.57. The molecule has 1 aliphatic heterocycles. The van der Waals surface area contributed by atoms with Gasteiger partial charge in [-0.05, 0) is 29.8 Å². The minimum Gasteiger partial charge on any atom is -0.323 e. The van der Waals surface area contributed by atoms with Gasteiger partial charge in [-0.2, -0.15) is 13.2 Å². The maximum absolute atomic E-state index is 12.6. The summed E-state index contributed by atoms with van der Waals surface area (Å²) >= 11 is 0. The maximum atomic E-state index is 12.6. The van der Waals surface area contributed by atoms with Gasteiger partial charge in [-0.3, -0.25) is 14.5 Å². The smallest absolute Gasteiger partial charge is 0.323 e. The number of carbonyl (C=O) groups excluding carboxylic acids is 2. The van der Waals surface area contributed by atoms with Gasteiger partial charge >= 0.3 is 6.18 Å². The first kappa shape index (κ1) is 16.9. The fraction of sp³-hybridized carbons (Fsp3) is 0.235. The number of fused-ring (bicyclic) bond motifs is 1. The lowest BCUT2D eigenvalue weighted by atomic mass is 10.1. The molecule has 8 heteroatoms. The van der Waals surface area contributed by atoms with Crippen molar-refractivity contribution in [1.29, 1.82) is 0 Å². The number of alkyl halides is 3. The lowest BCUT2D eigenvalue weighted by Gasteiger charge is -2.21. The number of pyridine rings is 1. The molecule has 0 saturated carbocycles. The molecule has 0 bridgehead atoms. The highest BCUT2D eigenvalue weighted by Crippen LogP contribution is 2.30. The number of halogens is 3. The molecule has 0 spiro atoms. The second-order valence-corrected chi connectivity index (χ2v) is 5.59. The van der Waals surface area contributed by atoms with Crippen LogP contribution in [0.1, 0.15) is 17.5 Å². The van der Waals surface area contributed by atoms with Crippen molar-refractivity contribution in [3.63, 3.8) is 0 Å². The van der Waals surface area contributed by atoms with Gasteiger partial charge in [0.2, 0.25) is 11.8 Å².